The minimum atomic E-state index is -3.66. The van der Waals surface area contributed by atoms with Crippen LogP contribution in [0.5, 0.6) is 11.5 Å². The van der Waals surface area contributed by atoms with Crippen molar-refractivity contribution in [1.82, 2.24) is 14.1 Å². The number of rotatable bonds is 6. The molecule has 1 unspecified atom stereocenters. The van der Waals surface area contributed by atoms with Crippen LogP contribution in [0, 0.1) is 0 Å². The van der Waals surface area contributed by atoms with Gasteiger partial charge in [0.2, 0.25) is 16.1 Å². The van der Waals surface area contributed by atoms with E-state index in [2.05, 4.69) is 0 Å². The molecule has 4 rings (SSSR count). The van der Waals surface area contributed by atoms with Gasteiger partial charge >= 0.3 is 0 Å². The van der Waals surface area contributed by atoms with Crippen LogP contribution < -0.4 is 9.47 Å². The molecule has 0 bridgehead atoms. The summed E-state index contributed by atoms with van der Waals surface area (Å²) in [6, 6.07) is 13.4. The zero-order valence-electron chi connectivity index (χ0n) is 19.3. The number of para-hydroxylation sites is 2. The van der Waals surface area contributed by atoms with Gasteiger partial charge in [0.15, 0.2) is 11.5 Å². The highest BCUT2D eigenvalue weighted by atomic mass is 32.2. The van der Waals surface area contributed by atoms with Gasteiger partial charge in [0.25, 0.3) is 11.8 Å². The van der Waals surface area contributed by atoms with E-state index in [0.717, 1.165) is 0 Å². The number of carbonyl (C=O) groups excluding carboxylic acids is 2. The van der Waals surface area contributed by atoms with E-state index in [1.54, 1.807) is 47.9 Å². The minimum absolute atomic E-state index is 0.102. The van der Waals surface area contributed by atoms with Gasteiger partial charge < -0.3 is 19.3 Å². The number of ether oxygens (including phenoxy) is 2. The molecule has 9 nitrogen and oxygen atoms in total. The van der Waals surface area contributed by atoms with Gasteiger partial charge in [-0.25, -0.2) is 8.42 Å². The Morgan fingerprint density at radius 2 is 1.59 bits per heavy atom. The molecule has 0 radical (unpaired) electrons. The third-order valence-electron chi connectivity index (χ3n) is 6.09. The summed E-state index contributed by atoms with van der Waals surface area (Å²) in [5.74, 6) is 0.733. The molecule has 2 amide bonds. The molecule has 2 heterocycles. The summed E-state index contributed by atoms with van der Waals surface area (Å²) in [5.41, 5.74) is 0.314. The fourth-order valence-electron chi connectivity index (χ4n) is 4.16. The van der Waals surface area contributed by atoms with E-state index in [9.17, 15) is 18.0 Å². The monoisotopic (exact) mass is 487 g/mol. The van der Waals surface area contributed by atoms with E-state index < -0.39 is 16.1 Å². The molecule has 2 aliphatic rings. The Labute approximate surface area is 199 Å². The van der Waals surface area contributed by atoms with Gasteiger partial charge in [-0.2, -0.15) is 4.31 Å². The SMILES string of the molecule is CCN(CC)S(=O)(=O)c1cccc(C(=O)N2CCN(C(=O)C3COc4ccccc4O3)CC2)c1. The Morgan fingerprint density at radius 3 is 2.26 bits per heavy atom. The molecular formula is C24H29N3O6S. The minimum Gasteiger partial charge on any atom is -0.485 e. The second-order valence-corrected chi connectivity index (χ2v) is 10.0. The van der Waals surface area contributed by atoms with Crippen molar-refractivity contribution in [2.45, 2.75) is 24.8 Å². The molecule has 2 aliphatic heterocycles. The molecule has 0 aromatic heterocycles. The van der Waals surface area contributed by atoms with Crippen LogP contribution in [0.15, 0.2) is 53.4 Å². The van der Waals surface area contributed by atoms with E-state index in [4.69, 9.17) is 9.47 Å². The lowest BCUT2D eigenvalue weighted by atomic mass is 10.1. The van der Waals surface area contributed by atoms with Gasteiger partial charge in [0.05, 0.1) is 4.90 Å². The molecule has 0 saturated carbocycles. The standard InChI is InChI=1S/C24H29N3O6S/c1-3-27(4-2)34(30,31)19-9-7-8-18(16-19)23(28)25-12-14-26(15-13-25)24(29)22-17-32-20-10-5-6-11-21(20)33-22/h5-11,16,22H,3-4,12-15,17H2,1-2H3. The van der Waals surface area contributed by atoms with Gasteiger partial charge in [-0.15, -0.1) is 0 Å². The first kappa shape index (κ1) is 24.0. The molecule has 1 atom stereocenters. The quantitative estimate of drug-likeness (QED) is 0.617. The predicted molar refractivity (Wildman–Crippen MR) is 125 cm³/mol. The summed E-state index contributed by atoms with van der Waals surface area (Å²) in [5, 5.41) is 0. The molecule has 0 aliphatic carbocycles. The average molecular weight is 488 g/mol. The van der Waals surface area contributed by atoms with E-state index >= 15 is 0 Å². The van der Waals surface area contributed by atoms with Gasteiger partial charge in [0, 0.05) is 44.8 Å². The highest BCUT2D eigenvalue weighted by Gasteiger charge is 2.34. The van der Waals surface area contributed by atoms with Crippen LogP contribution in [-0.2, 0) is 14.8 Å². The average Bonchev–Trinajstić information content (AvgIpc) is 2.88. The Balaban J connectivity index is 1.38. The molecule has 1 saturated heterocycles. The number of benzene rings is 2. The lowest BCUT2D eigenvalue weighted by molar-refractivity contribution is -0.142. The van der Waals surface area contributed by atoms with Crippen LogP contribution in [0.4, 0.5) is 0 Å². The van der Waals surface area contributed by atoms with Crippen molar-refractivity contribution < 1.29 is 27.5 Å². The number of hydrogen-bond acceptors (Lipinski definition) is 6. The van der Waals surface area contributed by atoms with Crippen molar-refractivity contribution in [2.24, 2.45) is 0 Å². The topological polar surface area (TPSA) is 96.5 Å². The number of carbonyl (C=O) groups is 2. The first-order chi connectivity index (χ1) is 16.3. The van der Waals surface area contributed by atoms with Crippen LogP contribution in [0.25, 0.3) is 0 Å². The number of amides is 2. The van der Waals surface area contributed by atoms with Gasteiger partial charge in [0.1, 0.15) is 6.61 Å². The summed E-state index contributed by atoms with van der Waals surface area (Å²) < 4.78 is 38.5. The van der Waals surface area contributed by atoms with Crippen LogP contribution in [0.2, 0.25) is 0 Å². The highest BCUT2D eigenvalue weighted by Crippen LogP contribution is 2.31. The summed E-state index contributed by atoms with van der Waals surface area (Å²) in [7, 11) is -3.66. The van der Waals surface area contributed by atoms with Crippen LogP contribution in [0.3, 0.4) is 0 Å². The normalized spacial score (nSPS) is 18.1. The Bertz CT molecular complexity index is 1160. The van der Waals surface area contributed by atoms with E-state index in [1.165, 1.54) is 16.4 Å². The zero-order valence-corrected chi connectivity index (χ0v) is 20.2. The first-order valence-electron chi connectivity index (χ1n) is 11.4. The van der Waals surface area contributed by atoms with Crippen LogP contribution >= 0.6 is 0 Å². The molecule has 10 heteroatoms. The molecule has 2 aromatic rings. The highest BCUT2D eigenvalue weighted by molar-refractivity contribution is 7.89. The summed E-state index contributed by atoms with van der Waals surface area (Å²) in [6.07, 6.45) is -0.723. The summed E-state index contributed by atoms with van der Waals surface area (Å²) in [6.45, 7) is 5.84. The van der Waals surface area contributed by atoms with Crippen molar-refractivity contribution in [3.63, 3.8) is 0 Å². The van der Waals surface area contributed by atoms with Crippen molar-refractivity contribution in [1.29, 1.82) is 0 Å². The maximum Gasteiger partial charge on any atom is 0.267 e. The predicted octanol–water partition coefficient (Wildman–Crippen LogP) is 1.84. The molecule has 2 aromatic carbocycles. The van der Waals surface area contributed by atoms with Gasteiger partial charge in [-0.1, -0.05) is 32.0 Å². The Hall–Kier alpha value is -3.11. The molecule has 0 spiro atoms. The first-order valence-corrected chi connectivity index (χ1v) is 12.9. The Kier molecular flexibility index (Phi) is 7.08. The lowest BCUT2D eigenvalue weighted by Gasteiger charge is -2.37. The second-order valence-electron chi connectivity index (χ2n) is 8.10. The molecule has 34 heavy (non-hydrogen) atoms. The summed E-state index contributed by atoms with van der Waals surface area (Å²) in [4.78, 5) is 29.4. The number of fused-ring (bicyclic) bond motifs is 1. The Morgan fingerprint density at radius 1 is 0.941 bits per heavy atom. The zero-order chi connectivity index (χ0) is 24.3. The molecule has 182 valence electrons. The van der Waals surface area contributed by atoms with Gasteiger partial charge in [-0.3, -0.25) is 9.59 Å². The van der Waals surface area contributed by atoms with Crippen molar-refractivity contribution in [3.8, 4) is 11.5 Å². The van der Waals surface area contributed by atoms with Crippen LogP contribution in [0.1, 0.15) is 24.2 Å². The van der Waals surface area contributed by atoms with E-state index in [-0.39, 0.29) is 23.3 Å². The number of hydrogen-bond donors (Lipinski definition) is 0. The number of nitrogens with zero attached hydrogens (tertiary/aromatic N) is 3. The van der Waals surface area contributed by atoms with E-state index in [1.807, 2.05) is 12.1 Å². The number of sulfonamides is 1. The molecule has 0 N–H and O–H groups in total. The van der Waals surface area contributed by atoms with Crippen molar-refractivity contribution in [2.75, 3.05) is 45.9 Å². The second kappa shape index (κ2) is 10.0. The third-order valence-corrected chi connectivity index (χ3v) is 8.13. The largest absolute Gasteiger partial charge is 0.485 e. The smallest absolute Gasteiger partial charge is 0.267 e. The maximum atomic E-state index is 13.1. The van der Waals surface area contributed by atoms with E-state index in [0.29, 0.717) is 56.3 Å². The number of piperazine rings is 1. The summed E-state index contributed by atoms with van der Waals surface area (Å²) >= 11 is 0. The molecular weight excluding hydrogens is 458 g/mol. The maximum absolute atomic E-state index is 13.1. The van der Waals surface area contributed by atoms with Gasteiger partial charge in [-0.05, 0) is 30.3 Å². The third kappa shape index (κ3) is 4.74. The van der Waals surface area contributed by atoms with Crippen molar-refractivity contribution in [3.05, 3.63) is 54.1 Å². The fraction of sp³-hybridized carbons (Fsp3) is 0.417. The van der Waals surface area contributed by atoms with Crippen LogP contribution in [-0.4, -0.2) is 86.3 Å². The lowest BCUT2D eigenvalue weighted by Crippen LogP contribution is -2.55. The molecule has 1 fully saturated rings. The van der Waals surface area contributed by atoms with Crippen molar-refractivity contribution >= 4 is 21.8 Å². The fourth-order valence-corrected chi connectivity index (χ4v) is 5.66.